The molecule has 3 rings (SSSR count). The molecule has 1 aromatic rings. The SMILES string of the molecule is COC1(C(=O)Nc2ccc(OCCCN3CCC(C)CC3)cc2)CCCC(C)C1. The second kappa shape index (κ2) is 10.4. The molecule has 2 fully saturated rings. The molecule has 2 atom stereocenters. The molecule has 162 valence electrons. The standard InChI is InChI=1S/C24H38N2O3/c1-19-11-15-26(16-12-19)14-5-17-29-22-9-7-21(8-10-22)25-23(27)24(28-3)13-4-6-20(2)18-24/h7-10,19-20H,4-6,11-18H2,1-3H3,(H,25,27). The maximum atomic E-state index is 12.9. The molecule has 1 aliphatic heterocycles. The number of carbonyl (C=O) groups excluding carboxylic acids is 1. The maximum absolute atomic E-state index is 12.9. The number of ether oxygens (including phenoxy) is 2. The van der Waals surface area contributed by atoms with E-state index in [0.29, 0.717) is 5.92 Å². The van der Waals surface area contributed by atoms with Gasteiger partial charge < -0.3 is 19.7 Å². The zero-order chi connectivity index (χ0) is 20.7. The van der Waals surface area contributed by atoms with Crippen molar-refractivity contribution in [1.82, 2.24) is 4.90 Å². The van der Waals surface area contributed by atoms with Crippen LogP contribution >= 0.6 is 0 Å². The molecule has 2 aliphatic rings. The number of methoxy groups -OCH3 is 1. The van der Waals surface area contributed by atoms with E-state index in [1.165, 1.54) is 32.4 Å². The molecule has 0 aromatic heterocycles. The fourth-order valence-corrected chi connectivity index (χ4v) is 4.63. The zero-order valence-electron chi connectivity index (χ0n) is 18.4. The van der Waals surface area contributed by atoms with Crippen molar-refractivity contribution in [2.45, 2.75) is 64.4 Å². The van der Waals surface area contributed by atoms with Crippen LogP contribution in [0.1, 0.15) is 58.8 Å². The van der Waals surface area contributed by atoms with Crippen LogP contribution in [0, 0.1) is 11.8 Å². The van der Waals surface area contributed by atoms with Crippen LogP contribution in [0.25, 0.3) is 0 Å². The summed E-state index contributed by atoms with van der Waals surface area (Å²) in [4.78, 5) is 15.4. The largest absolute Gasteiger partial charge is 0.494 e. The molecule has 1 aromatic carbocycles. The van der Waals surface area contributed by atoms with Crippen LogP contribution in [-0.2, 0) is 9.53 Å². The number of rotatable bonds is 8. The quantitative estimate of drug-likeness (QED) is 0.639. The number of anilines is 1. The summed E-state index contributed by atoms with van der Waals surface area (Å²) in [7, 11) is 1.65. The molecule has 0 radical (unpaired) electrons. The second-order valence-electron chi connectivity index (χ2n) is 9.10. The van der Waals surface area contributed by atoms with Gasteiger partial charge in [-0.2, -0.15) is 0 Å². The minimum absolute atomic E-state index is 0.0314. The van der Waals surface area contributed by atoms with Gasteiger partial charge in [0.05, 0.1) is 6.61 Å². The van der Waals surface area contributed by atoms with Crippen molar-refractivity contribution in [3.8, 4) is 5.75 Å². The lowest BCUT2D eigenvalue weighted by molar-refractivity contribution is -0.143. The van der Waals surface area contributed by atoms with E-state index < -0.39 is 5.60 Å². The van der Waals surface area contributed by atoms with Crippen molar-refractivity contribution in [2.24, 2.45) is 11.8 Å². The van der Waals surface area contributed by atoms with Gasteiger partial charge in [-0.15, -0.1) is 0 Å². The summed E-state index contributed by atoms with van der Waals surface area (Å²) in [5.74, 6) is 2.21. The molecule has 0 bridgehead atoms. The van der Waals surface area contributed by atoms with Crippen molar-refractivity contribution >= 4 is 11.6 Å². The Morgan fingerprint density at radius 1 is 1.14 bits per heavy atom. The van der Waals surface area contributed by atoms with Gasteiger partial charge in [0.1, 0.15) is 11.4 Å². The van der Waals surface area contributed by atoms with Gasteiger partial charge >= 0.3 is 0 Å². The van der Waals surface area contributed by atoms with Gasteiger partial charge in [0, 0.05) is 19.3 Å². The first-order valence-electron chi connectivity index (χ1n) is 11.3. The number of hydrogen-bond acceptors (Lipinski definition) is 4. The predicted molar refractivity (Wildman–Crippen MR) is 117 cm³/mol. The number of hydrogen-bond donors (Lipinski definition) is 1. The first kappa shape index (κ1) is 22.1. The molecule has 1 saturated carbocycles. The van der Waals surface area contributed by atoms with E-state index in [0.717, 1.165) is 56.2 Å². The summed E-state index contributed by atoms with van der Waals surface area (Å²) in [6, 6.07) is 7.69. The third-order valence-corrected chi connectivity index (χ3v) is 6.64. The number of benzene rings is 1. The fourth-order valence-electron chi connectivity index (χ4n) is 4.63. The van der Waals surface area contributed by atoms with Crippen molar-refractivity contribution in [1.29, 1.82) is 0 Å². The molecule has 29 heavy (non-hydrogen) atoms. The van der Waals surface area contributed by atoms with Crippen LogP contribution in [0.15, 0.2) is 24.3 Å². The highest BCUT2D eigenvalue weighted by molar-refractivity contribution is 5.97. The second-order valence-corrected chi connectivity index (χ2v) is 9.10. The van der Waals surface area contributed by atoms with Gasteiger partial charge in [0.15, 0.2) is 0 Å². The third kappa shape index (κ3) is 6.19. The number of nitrogens with one attached hydrogen (secondary N) is 1. The molecule has 1 amide bonds. The lowest BCUT2D eigenvalue weighted by atomic mass is 9.78. The predicted octanol–water partition coefficient (Wildman–Crippen LogP) is 4.72. The maximum Gasteiger partial charge on any atom is 0.256 e. The zero-order valence-corrected chi connectivity index (χ0v) is 18.4. The molecular formula is C24H38N2O3. The Labute approximate surface area is 176 Å². The van der Waals surface area contributed by atoms with E-state index >= 15 is 0 Å². The average Bonchev–Trinajstić information content (AvgIpc) is 2.73. The van der Waals surface area contributed by atoms with Gasteiger partial charge in [0.25, 0.3) is 5.91 Å². The van der Waals surface area contributed by atoms with Crippen molar-refractivity contribution < 1.29 is 14.3 Å². The van der Waals surface area contributed by atoms with Crippen LogP contribution in [0.2, 0.25) is 0 Å². The van der Waals surface area contributed by atoms with Crippen molar-refractivity contribution in [3.63, 3.8) is 0 Å². The van der Waals surface area contributed by atoms with E-state index in [1.807, 2.05) is 24.3 Å². The lowest BCUT2D eigenvalue weighted by Gasteiger charge is -2.37. The fraction of sp³-hybridized carbons (Fsp3) is 0.708. The van der Waals surface area contributed by atoms with Crippen LogP contribution in [0.5, 0.6) is 5.75 Å². The Morgan fingerprint density at radius 3 is 2.52 bits per heavy atom. The van der Waals surface area contributed by atoms with Crippen LogP contribution < -0.4 is 10.1 Å². The van der Waals surface area contributed by atoms with Crippen LogP contribution in [-0.4, -0.2) is 49.8 Å². The first-order chi connectivity index (χ1) is 14.0. The van der Waals surface area contributed by atoms with Crippen LogP contribution in [0.3, 0.4) is 0 Å². The van der Waals surface area contributed by atoms with Gasteiger partial charge in [-0.05, 0) is 87.7 Å². The Bertz CT molecular complexity index is 640. The highest BCUT2D eigenvalue weighted by Gasteiger charge is 2.41. The number of likely N-dealkylation sites (tertiary alicyclic amines) is 1. The van der Waals surface area contributed by atoms with E-state index in [9.17, 15) is 4.79 Å². The smallest absolute Gasteiger partial charge is 0.256 e. The van der Waals surface area contributed by atoms with E-state index in [-0.39, 0.29) is 5.91 Å². The van der Waals surface area contributed by atoms with E-state index in [4.69, 9.17) is 9.47 Å². The molecule has 5 heteroatoms. The molecule has 1 N–H and O–H groups in total. The molecule has 0 spiro atoms. The summed E-state index contributed by atoms with van der Waals surface area (Å²) >= 11 is 0. The summed E-state index contributed by atoms with van der Waals surface area (Å²) in [6.07, 6.45) is 7.45. The molecule has 1 aliphatic carbocycles. The Kier molecular flexibility index (Phi) is 7.96. The minimum atomic E-state index is -0.695. The topological polar surface area (TPSA) is 50.8 Å². The average molecular weight is 403 g/mol. The normalized spacial score (nSPS) is 26.2. The summed E-state index contributed by atoms with van der Waals surface area (Å²) in [6.45, 7) is 8.81. The molecular weight excluding hydrogens is 364 g/mol. The minimum Gasteiger partial charge on any atom is -0.494 e. The number of amides is 1. The van der Waals surface area contributed by atoms with Gasteiger partial charge in [-0.3, -0.25) is 4.79 Å². The molecule has 1 heterocycles. The number of piperidine rings is 1. The summed E-state index contributed by atoms with van der Waals surface area (Å²) in [5, 5.41) is 3.04. The van der Waals surface area contributed by atoms with Gasteiger partial charge in [0.2, 0.25) is 0 Å². The molecule has 1 saturated heterocycles. The van der Waals surface area contributed by atoms with Crippen molar-refractivity contribution in [2.75, 3.05) is 38.7 Å². The molecule has 2 unspecified atom stereocenters. The summed E-state index contributed by atoms with van der Waals surface area (Å²) in [5.41, 5.74) is 0.0958. The van der Waals surface area contributed by atoms with E-state index in [2.05, 4.69) is 24.1 Å². The highest BCUT2D eigenvalue weighted by atomic mass is 16.5. The van der Waals surface area contributed by atoms with Gasteiger partial charge in [-0.25, -0.2) is 0 Å². The van der Waals surface area contributed by atoms with Gasteiger partial charge in [-0.1, -0.05) is 20.3 Å². The molecule has 5 nitrogen and oxygen atoms in total. The monoisotopic (exact) mass is 402 g/mol. The number of carbonyl (C=O) groups is 1. The third-order valence-electron chi connectivity index (χ3n) is 6.64. The summed E-state index contributed by atoms with van der Waals surface area (Å²) < 4.78 is 11.6. The van der Waals surface area contributed by atoms with Crippen LogP contribution in [0.4, 0.5) is 5.69 Å². The van der Waals surface area contributed by atoms with E-state index in [1.54, 1.807) is 7.11 Å². The number of nitrogens with zero attached hydrogens (tertiary/aromatic N) is 1. The first-order valence-corrected chi connectivity index (χ1v) is 11.3. The van der Waals surface area contributed by atoms with Crippen molar-refractivity contribution in [3.05, 3.63) is 24.3 Å². The highest BCUT2D eigenvalue weighted by Crippen LogP contribution is 2.35. The Balaban J connectivity index is 1.42. The lowest BCUT2D eigenvalue weighted by Crippen LogP contribution is -2.47. The Morgan fingerprint density at radius 2 is 1.86 bits per heavy atom. The Hall–Kier alpha value is -1.59.